The highest BCUT2D eigenvalue weighted by molar-refractivity contribution is 7.12. The molecule has 0 aliphatic carbocycles. The van der Waals surface area contributed by atoms with Crippen LogP contribution in [0.4, 0.5) is 4.79 Å². The first-order chi connectivity index (χ1) is 7.04. The number of aryl methyl sites for hydroxylation is 2. The number of ether oxygens (including phenoxy) is 1. The number of hydrogen-bond acceptors (Lipinski definition) is 4. The Morgan fingerprint density at radius 2 is 2.20 bits per heavy atom. The lowest BCUT2D eigenvalue weighted by Crippen LogP contribution is -2.18. The minimum absolute atomic E-state index is 0.557. The van der Waals surface area contributed by atoms with Gasteiger partial charge in [0.25, 0.3) is 0 Å². The molecule has 1 amide bonds. The summed E-state index contributed by atoms with van der Waals surface area (Å²) in [5, 5.41) is 3.94. The Hall–Kier alpha value is -1.36. The molecule has 0 bridgehead atoms. The van der Waals surface area contributed by atoms with E-state index in [1.165, 1.54) is 16.9 Å². The molecule has 0 saturated heterocycles. The summed E-state index contributed by atoms with van der Waals surface area (Å²) in [5.74, 6) is 0. The van der Waals surface area contributed by atoms with E-state index in [-0.39, 0.29) is 0 Å². The summed E-state index contributed by atoms with van der Waals surface area (Å²) in [4.78, 5) is 13.2. The lowest BCUT2D eigenvalue weighted by molar-refractivity contribution is 0.171. The maximum absolute atomic E-state index is 10.8. The van der Waals surface area contributed by atoms with Gasteiger partial charge in [0.2, 0.25) is 0 Å². The lowest BCUT2D eigenvalue weighted by Gasteiger charge is -2.00. The smallest absolute Gasteiger partial charge is 0.427 e. The summed E-state index contributed by atoms with van der Waals surface area (Å²) >= 11 is 1.71. The van der Waals surface area contributed by atoms with Crippen LogP contribution in [0, 0.1) is 13.8 Å². The number of nitrogens with one attached hydrogen (secondary N) is 1. The highest BCUT2D eigenvalue weighted by atomic mass is 32.1. The molecule has 0 unspecified atom stereocenters. The largest absolute Gasteiger partial charge is 0.452 e. The van der Waals surface area contributed by atoms with Crippen molar-refractivity contribution in [3.05, 3.63) is 21.4 Å². The Morgan fingerprint density at radius 3 is 2.67 bits per heavy atom. The molecule has 0 fully saturated rings. The van der Waals surface area contributed by atoms with Crippen molar-refractivity contribution in [2.75, 3.05) is 7.11 Å². The average molecular weight is 226 g/mol. The molecule has 0 atom stereocenters. The first-order valence-corrected chi connectivity index (χ1v) is 5.32. The fraction of sp³-hybridized carbons (Fsp3) is 0.400. The molecule has 0 spiro atoms. The third-order valence-corrected chi connectivity index (χ3v) is 2.90. The molecule has 0 saturated carbocycles. The van der Waals surface area contributed by atoms with Crippen LogP contribution in [0.2, 0.25) is 0 Å². The van der Waals surface area contributed by atoms with Gasteiger partial charge in [0.05, 0.1) is 12.8 Å². The van der Waals surface area contributed by atoms with Crippen molar-refractivity contribution >= 4 is 23.1 Å². The van der Waals surface area contributed by atoms with Crippen molar-refractivity contribution in [1.29, 1.82) is 0 Å². The van der Waals surface area contributed by atoms with Crippen molar-refractivity contribution in [3.63, 3.8) is 0 Å². The molecule has 1 aromatic rings. The van der Waals surface area contributed by atoms with Gasteiger partial charge < -0.3 is 4.74 Å². The number of hydrazone groups is 1. The first-order valence-electron chi connectivity index (χ1n) is 4.50. The van der Waals surface area contributed by atoms with Crippen LogP contribution in [0.25, 0.3) is 0 Å². The molecule has 1 N–H and O–H groups in total. The second kappa shape index (κ2) is 4.93. The molecule has 4 nitrogen and oxygen atoms in total. The van der Waals surface area contributed by atoms with Gasteiger partial charge >= 0.3 is 6.09 Å². The summed E-state index contributed by atoms with van der Waals surface area (Å²) in [6, 6.07) is 2.05. The van der Waals surface area contributed by atoms with Gasteiger partial charge in [0.1, 0.15) is 0 Å². The number of rotatable bonds is 2. The second-order valence-corrected chi connectivity index (χ2v) is 4.59. The van der Waals surface area contributed by atoms with E-state index in [0.717, 1.165) is 11.3 Å². The second-order valence-electron chi connectivity index (χ2n) is 3.13. The molecule has 82 valence electrons. The Kier molecular flexibility index (Phi) is 3.85. The summed E-state index contributed by atoms with van der Waals surface area (Å²) < 4.78 is 4.42. The SMILES string of the molecule is COC(=O)N/N=C(/C)c1cc(C)sc1C. The summed E-state index contributed by atoms with van der Waals surface area (Å²) in [6.45, 7) is 5.93. The standard InChI is InChI=1S/C10H14N2O2S/c1-6-5-9(8(3)15-6)7(2)11-12-10(13)14-4/h5H,1-4H3,(H,12,13)/b11-7-. The van der Waals surface area contributed by atoms with Crippen LogP contribution in [0.5, 0.6) is 0 Å². The number of nitrogens with zero attached hydrogens (tertiary/aromatic N) is 1. The molecule has 1 rings (SSSR count). The Bertz CT molecular complexity index is 396. The summed E-state index contributed by atoms with van der Waals surface area (Å²) in [6.07, 6.45) is -0.557. The van der Waals surface area contributed by atoms with Crippen LogP contribution in [-0.4, -0.2) is 18.9 Å². The Balaban J connectivity index is 2.80. The number of thiophene rings is 1. The van der Waals surface area contributed by atoms with Crippen molar-refractivity contribution < 1.29 is 9.53 Å². The fourth-order valence-corrected chi connectivity index (χ4v) is 2.20. The van der Waals surface area contributed by atoms with Crippen LogP contribution >= 0.6 is 11.3 Å². The van der Waals surface area contributed by atoms with E-state index < -0.39 is 6.09 Å². The maximum Gasteiger partial charge on any atom is 0.427 e. The molecular formula is C10H14N2O2S. The van der Waals surface area contributed by atoms with Crippen molar-refractivity contribution in [2.24, 2.45) is 5.10 Å². The lowest BCUT2D eigenvalue weighted by atomic mass is 10.2. The summed E-state index contributed by atoms with van der Waals surface area (Å²) in [5.41, 5.74) is 4.14. The highest BCUT2D eigenvalue weighted by Gasteiger charge is 2.06. The monoisotopic (exact) mass is 226 g/mol. The van der Waals surface area contributed by atoms with Crippen molar-refractivity contribution in [1.82, 2.24) is 5.43 Å². The Labute approximate surface area is 93.0 Å². The van der Waals surface area contributed by atoms with E-state index >= 15 is 0 Å². The zero-order valence-electron chi connectivity index (χ0n) is 9.25. The molecule has 1 aromatic heterocycles. The van der Waals surface area contributed by atoms with Gasteiger partial charge in [-0.1, -0.05) is 0 Å². The first kappa shape index (κ1) is 11.7. The predicted molar refractivity (Wildman–Crippen MR) is 61.5 cm³/mol. The molecular weight excluding hydrogens is 212 g/mol. The molecule has 0 aliphatic heterocycles. The van der Waals surface area contributed by atoms with Crippen LogP contribution in [0.15, 0.2) is 11.2 Å². The van der Waals surface area contributed by atoms with Crippen LogP contribution in [0.3, 0.4) is 0 Å². The van der Waals surface area contributed by atoms with E-state index in [1.54, 1.807) is 11.3 Å². The normalized spacial score (nSPS) is 11.3. The number of carbonyl (C=O) groups is 1. The number of hydrogen-bond donors (Lipinski definition) is 1. The van der Waals surface area contributed by atoms with Gasteiger partial charge in [-0.3, -0.25) is 0 Å². The van der Waals surface area contributed by atoms with Gasteiger partial charge in [0.15, 0.2) is 0 Å². The van der Waals surface area contributed by atoms with Crippen molar-refractivity contribution in [3.8, 4) is 0 Å². The number of carbonyl (C=O) groups excluding carboxylic acids is 1. The summed E-state index contributed by atoms with van der Waals surface area (Å²) in [7, 11) is 1.31. The van der Waals surface area contributed by atoms with Crippen molar-refractivity contribution in [2.45, 2.75) is 20.8 Å². The Morgan fingerprint density at radius 1 is 1.53 bits per heavy atom. The number of amides is 1. The average Bonchev–Trinajstić information content (AvgIpc) is 2.53. The topological polar surface area (TPSA) is 50.7 Å². The number of methoxy groups -OCH3 is 1. The molecule has 0 aliphatic rings. The van der Waals surface area contributed by atoms with Crippen LogP contribution in [-0.2, 0) is 4.74 Å². The predicted octanol–water partition coefficient (Wildman–Crippen LogP) is 2.44. The molecule has 0 radical (unpaired) electrons. The molecule has 5 heteroatoms. The van der Waals surface area contributed by atoms with E-state index in [9.17, 15) is 4.79 Å². The maximum atomic E-state index is 10.8. The van der Waals surface area contributed by atoms with Gasteiger partial charge in [-0.05, 0) is 26.8 Å². The highest BCUT2D eigenvalue weighted by Crippen LogP contribution is 2.20. The zero-order chi connectivity index (χ0) is 11.4. The van der Waals surface area contributed by atoms with E-state index in [2.05, 4.69) is 21.3 Å². The minimum Gasteiger partial charge on any atom is -0.452 e. The quantitative estimate of drug-likeness (QED) is 0.622. The minimum atomic E-state index is -0.557. The van der Waals surface area contributed by atoms with Gasteiger partial charge in [-0.2, -0.15) is 5.10 Å². The molecule has 0 aromatic carbocycles. The van der Waals surface area contributed by atoms with Gasteiger partial charge in [-0.25, -0.2) is 10.2 Å². The van der Waals surface area contributed by atoms with E-state index in [4.69, 9.17) is 0 Å². The zero-order valence-corrected chi connectivity index (χ0v) is 10.1. The fourth-order valence-electron chi connectivity index (χ4n) is 1.23. The molecule has 1 heterocycles. The van der Waals surface area contributed by atoms with Gasteiger partial charge in [0, 0.05) is 15.3 Å². The van der Waals surface area contributed by atoms with Crippen LogP contribution in [0.1, 0.15) is 22.2 Å². The third kappa shape index (κ3) is 3.06. The van der Waals surface area contributed by atoms with Crippen LogP contribution < -0.4 is 5.43 Å². The third-order valence-electron chi connectivity index (χ3n) is 1.93. The van der Waals surface area contributed by atoms with E-state index in [1.807, 2.05) is 20.8 Å². The van der Waals surface area contributed by atoms with Gasteiger partial charge in [-0.15, -0.1) is 11.3 Å². The molecule has 15 heavy (non-hydrogen) atoms. The van der Waals surface area contributed by atoms with E-state index in [0.29, 0.717) is 0 Å².